The smallest absolute Gasteiger partial charge is 0.259 e. The maximum Gasteiger partial charge on any atom is 0.259 e. The van der Waals surface area contributed by atoms with Gasteiger partial charge in [-0.3, -0.25) is 14.9 Å². The predicted octanol–water partition coefficient (Wildman–Crippen LogP) is 4.24. The highest BCUT2D eigenvalue weighted by Crippen LogP contribution is 2.29. The van der Waals surface area contributed by atoms with Crippen molar-refractivity contribution in [3.63, 3.8) is 0 Å². The van der Waals surface area contributed by atoms with E-state index in [1.165, 1.54) is 17.4 Å². The Bertz CT molecular complexity index is 1090. The summed E-state index contributed by atoms with van der Waals surface area (Å²) in [5, 5.41) is 3.93. The Balaban J connectivity index is 1.53. The largest absolute Gasteiger partial charge is 0.336 e. The third-order valence-corrected chi connectivity index (χ3v) is 6.32. The van der Waals surface area contributed by atoms with Gasteiger partial charge in [0.1, 0.15) is 0 Å². The first-order chi connectivity index (χ1) is 13.9. The Morgan fingerprint density at radius 3 is 2.59 bits per heavy atom. The second-order valence-corrected chi connectivity index (χ2v) is 8.75. The zero-order valence-corrected chi connectivity index (χ0v) is 17.9. The number of aromatic nitrogens is 1. The van der Waals surface area contributed by atoms with Gasteiger partial charge < -0.3 is 9.80 Å². The molecule has 0 aliphatic carbocycles. The van der Waals surface area contributed by atoms with Crippen molar-refractivity contribution in [2.75, 3.05) is 38.5 Å². The maximum atomic E-state index is 12.8. The highest BCUT2D eigenvalue weighted by atomic mass is 35.5. The summed E-state index contributed by atoms with van der Waals surface area (Å²) in [6.45, 7) is 3.18. The molecular weight excluding hydrogens is 431 g/mol. The molecule has 1 aliphatic heterocycles. The van der Waals surface area contributed by atoms with Crippen molar-refractivity contribution in [3.8, 4) is 0 Å². The Labute approximate surface area is 182 Å². The molecule has 2 amide bonds. The number of anilines is 1. The normalized spacial score (nSPS) is 14.9. The number of hydrogen-bond acceptors (Lipinski definition) is 5. The molecule has 2 heterocycles. The molecule has 0 saturated carbocycles. The minimum absolute atomic E-state index is 0.0182. The summed E-state index contributed by atoms with van der Waals surface area (Å²) in [6.07, 6.45) is 0. The molecule has 1 N–H and O–H groups in total. The lowest BCUT2D eigenvalue weighted by Gasteiger charge is -2.32. The van der Waals surface area contributed by atoms with Crippen LogP contribution in [-0.2, 0) is 0 Å². The fraction of sp³-hybridized carbons (Fsp3) is 0.250. The molecule has 0 spiro atoms. The van der Waals surface area contributed by atoms with Crippen molar-refractivity contribution in [1.82, 2.24) is 14.8 Å². The van der Waals surface area contributed by atoms with Crippen LogP contribution in [0.25, 0.3) is 10.2 Å². The molecule has 0 unspecified atom stereocenters. The molecule has 4 rings (SSSR count). The third-order valence-electron chi connectivity index (χ3n) is 4.82. The van der Waals surface area contributed by atoms with Crippen molar-refractivity contribution in [2.45, 2.75) is 0 Å². The van der Waals surface area contributed by atoms with E-state index in [2.05, 4.69) is 22.2 Å². The number of fused-ring (bicyclic) bond motifs is 1. The first-order valence-electron chi connectivity index (χ1n) is 9.05. The second-order valence-electron chi connectivity index (χ2n) is 6.88. The molecule has 1 aliphatic rings. The molecule has 29 heavy (non-hydrogen) atoms. The minimum atomic E-state index is -0.384. The number of rotatable bonds is 3. The van der Waals surface area contributed by atoms with Gasteiger partial charge in [0.05, 0.1) is 20.8 Å². The van der Waals surface area contributed by atoms with Gasteiger partial charge in [0.25, 0.3) is 11.8 Å². The fourth-order valence-electron chi connectivity index (χ4n) is 3.14. The van der Waals surface area contributed by atoms with Crippen LogP contribution in [0.4, 0.5) is 5.13 Å². The van der Waals surface area contributed by atoms with Gasteiger partial charge in [0.2, 0.25) is 0 Å². The lowest BCUT2D eigenvalue weighted by molar-refractivity contribution is 0.0664. The van der Waals surface area contributed by atoms with Crippen molar-refractivity contribution in [1.29, 1.82) is 0 Å². The fourth-order valence-corrected chi connectivity index (χ4v) is 4.41. The summed E-state index contributed by atoms with van der Waals surface area (Å²) in [5.41, 5.74) is 1.63. The molecule has 6 nitrogen and oxygen atoms in total. The summed E-state index contributed by atoms with van der Waals surface area (Å²) in [5.74, 6) is -0.366. The van der Waals surface area contributed by atoms with Crippen molar-refractivity contribution >= 4 is 61.7 Å². The monoisotopic (exact) mass is 448 g/mol. The van der Waals surface area contributed by atoms with E-state index < -0.39 is 0 Å². The number of amides is 2. The van der Waals surface area contributed by atoms with E-state index in [-0.39, 0.29) is 17.4 Å². The summed E-state index contributed by atoms with van der Waals surface area (Å²) in [4.78, 5) is 33.8. The van der Waals surface area contributed by atoms with Gasteiger partial charge in [-0.1, -0.05) is 34.5 Å². The first-order valence-corrected chi connectivity index (χ1v) is 10.6. The molecule has 0 bridgehead atoms. The molecule has 1 saturated heterocycles. The number of benzene rings is 2. The van der Waals surface area contributed by atoms with Gasteiger partial charge in [-0.15, -0.1) is 0 Å². The Morgan fingerprint density at radius 2 is 1.83 bits per heavy atom. The summed E-state index contributed by atoms with van der Waals surface area (Å²) in [7, 11) is 2.05. The van der Waals surface area contributed by atoms with Crippen LogP contribution in [0.5, 0.6) is 0 Å². The van der Waals surface area contributed by atoms with Crippen LogP contribution in [0.2, 0.25) is 10.0 Å². The highest BCUT2D eigenvalue weighted by Gasteiger charge is 2.21. The molecular formula is C20H18Cl2N4O2S. The van der Waals surface area contributed by atoms with Crippen LogP contribution in [0.15, 0.2) is 36.4 Å². The molecule has 1 fully saturated rings. The zero-order valence-electron chi connectivity index (χ0n) is 15.6. The maximum absolute atomic E-state index is 12.8. The van der Waals surface area contributed by atoms with Crippen molar-refractivity contribution in [2.24, 2.45) is 0 Å². The SMILES string of the molecule is CN1CCN(C(=O)c2ccc3nc(NC(=O)c4cc(Cl)ccc4Cl)sc3c2)CC1. The predicted molar refractivity (Wildman–Crippen MR) is 117 cm³/mol. The second kappa shape index (κ2) is 8.28. The molecule has 2 aromatic carbocycles. The number of carbonyl (C=O) groups excluding carboxylic acids is 2. The van der Waals surface area contributed by atoms with Crippen LogP contribution in [0.1, 0.15) is 20.7 Å². The van der Waals surface area contributed by atoms with Crippen LogP contribution >= 0.6 is 34.5 Å². The number of hydrogen-bond donors (Lipinski definition) is 1. The average molecular weight is 449 g/mol. The van der Waals surface area contributed by atoms with E-state index in [4.69, 9.17) is 23.2 Å². The quantitative estimate of drug-likeness (QED) is 0.650. The zero-order chi connectivity index (χ0) is 20.5. The topological polar surface area (TPSA) is 65.5 Å². The van der Waals surface area contributed by atoms with Crippen molar-refractivity contribution in [3.05, 3.63) is 57.6 Å². The van der Waals surface area contributed by atoms with Gasteiger partial charge in [-0.05, 0) is 43.4 Å². The lowest BCUT2D eigenvalue weighted by Crippen LogP contribution is -2.47. The van der Waals surface area contributed by atoms with Crippen molar-refractivity contribution < 1.29 is 9.59 Å². The van der Waals surface area contributed by atoms with E-state index in [1.807, 2.05) is 11.0 Å². The van der Waals surface area contributed by atoms with E-state index >= 15 is 0 Å². The van der Waals surface area contributed by atoms with Crippen LogP contribution < -0.4 is 5.32 Å². The molecule has 150 valence electrons. The Kier molecular flexibility index (Phi) is 5.74. The number of nitrogens with zero attached hydrogens (tertiary/aromatic N) is 3. The molecule has 0 radical (unpaired) electrons. The average Bonchev–Trinajstić information content (AvgIpc) is 3.11. The molecule has 9 heteroatoms. The Hall–Kier alpha value is -2.19. The standard InChI is InChI=1S/C20H18Cl2N4O2S/c1-25-6-8-26(9-7-25)19(28)12-2-5-16-17(10-12)29-20(23-16)24-18(27)14-11-13(21)3-4-15(14)22/h2-5,10-11H,6-9H2,1H3,(H,23,24,27). The van der Waals surface area contributed by atoms with E-state index in [1.54, 1.807) is 24.3 Å². The number of likely N-dealkylation sites (N-methyl/N-ethyl adjacent to an activating group) is 1. The van der Waals surface area contributed by atoms with Gasteiger partial charge in [0, 0.05) is 36.8 Å². The van der Waals surface area contributed by atoms with Crippen LogP contribution in [-0.4, -0.2) is 59.8 Å². The number of halogens is 2. The Morgan fingerprint density at radius 1 is 1.07 bits per heavy atom. The minimum Gasteiger partial charge on any atom is -0.336 e. The van der Waals surface area contributed by atoms with E-state index in [0.29, 0.717) is 20.7 Å². The number of nitrogens with one attached hydrogen (secondary N) is 1. The lowest BCUT2D eigenvalue weighted by atomic mass is 10.1. The highest BCUT2D eigenvalue weighted by molar-refractivity contribution is 7.22. The van der Waals surface area contributed by atoms with Crippen LogP contribution in [0, 0.1) is 0 Å². The van der Waals surface area contributed by atoms with Gasteiger partial charge in [-0.25, -0.2) is 4.98 Å². The molecule has 0 atom stereocenters. The van der Waals surface area contributed by atoms with Gasteiger partial charge in [0.15, 0.2) is 5.13 Å². The van der Waals surface area contributed by atoms with Crippen LogP contribution in [0.3, 0.4) is 0 Å². The number of piperazine rings is 1. The molecule has 1 aromatic heterocycles. The number of carbonyl (C=O) groups is 2. The van der Waals surface area contributed by atoms with E-state index in [0.717, 1.165) is 36.4 Å². The third kappa shape index (κ3) is 4.38. The molecule has 3 aromatic rings. The summed E-state index contributed by atoms with van der Waals surface area (Å²) >= 11 is 13.4. The summed E-state index contributed by atoms with van der Waals surface area (Å²) < 4.78 is 0.831. The summed E-state index contributed by atoms with van der Waals surface area (Å²) in [6, 6.07) is 10.1. The number of thiazole rings is 1. The first kappa shape index (κ1) is 20.1. The van der Waals surface area contributed by atoms with E-state index in [9.17, 15) is 9.59 Å². The van der Waals surface area contributed by atoms with Gasteiger partial charge >= 0.3 is 0 Å². The van der Waals surface area contributed by atoms with Gasteiger partial charge in [-0.2, -0.15) is 0 Å².